The smallest absolute Gasteiger partial charge is 0.326 e. The maximum absolute atomic E-state index is 12.7. The lowest BCUT2D eigenvalue weighted by Crippen LogP contribution is -2.56. The van der Waals surface area contributed by atoms with Gasteiger partial charge in [0.05, 0.1) is 6.04 Å². The molecular formula is C19H29N3O5. The number of aromatic hydroxyl groups is 1. The summed E-state index contributed by atoms with van der Waals surface area (Å²) in [5.41, 5.74) is 6.55. The molecule has 0 heterocycles. The molecule has 0 saturated heterocycles. The summed E-state index contributed by atoms with van der Waals surface area (Å²) in [4.78, 5) is 36.4. The Kier molecular flexibility index (Phi) is 8.24. The summed E-state index contributed by atoms with van der Waals surface area (Å²) in [6.45, 7) is 6.94. The largest absolute Gasteiger partial charge is 0.508 e. The van der Waals surface area contributed by atoms with E-state index >= 15 is 0 Å². The SMILES string of the molecule is CC(C)[C@H](N)C(=O)N[C@H](Cc1ccc(O)cc1)C(=O)N[C@@H](C(=O)O)C(C)C. The molecule has 0 aliphatic rings. The third-order valence-corrected chi connectivity index (χ3v) is 4.26. The number of nitrogens with one attached hydrogen (secondary N) is 2. The molecule has 8 heteroatoms. The van der Waals surface area contributed by atoms with Gasteiger partial charge in [0.25, 0.3) is 0 Å². The van der Waals surface area contributed by atoms with Gasteiger partial charge in [-0.15, -0.1) is 0 Å². The Labute approximate surface area is 159 Å². The fourth-order valence-electron chi connectivity index (χ4n) is 2.42. The van der Waals surface area contributed by atoms with Crippen LogP contribution in [0.15, 0.2) is 24.3 Å². The van der Waals surface area contributed by atoms with Gasteiger partial charge >= 0.3 is 5.97 Å². The first-order valence-electron chi connectivity index (χ1n) is 8.90. The Balaban J connectivity index is 3.00. The minimum absolute atomic E-state index is 0.0800. The number of hydrogen-bond donors (Lipinski definition) is 5. The molecule has 0 aliphatic carbocycles. The quantitative estimate of drug-likeness (QED) is 0.426. The second-order valence-electron chi connectivity index (χ2n) is 7.27. The monoisotopic (exact) mass is 379 g/mol. The number of hydrogen-bond acceptors (Lipinski definition) is 5. The number of carbonyl (C=O) groups excluding carboxylic acids is 2. The molecule has 0 saturated carbocycles. The van der Waals surface area contributed by atoms with Crippen LogP contribution in [0.25, 0.3) is 0 Å². The highest BCUT2D eigenvalue weighted by molar-refractivity contribution is 5.92. The molecule has 8 nitrogen and oxygen atoms in total. The van der Waals surface area contributed by atoms with Gasteiger partial charge in [0, 0.05) is 6.42 Å². The van der Waals surface area contributed by atoms with E-state index in [9.17, 15) is 24.6 Å². The Morgan fingerprint density at radius 1 is 0.963 bits per heavy atom. The van der Waals surface area contributed by atoms with Gasteiger partial charge in [-0.3, -0.25) is 9.59 Å². The summed E-state index contributed by atoms with van der Waals surface area (Å²) >= 11 is 0. The number of rotatable bonds is 9. The second kappa shape index (κ2) is 9.91. The number of carboxylic acid groups (broad SMARTS) is 1. The third kappa shape index (κ3) is 6.90. The first kappa shape index (κ1) is 22.4. The fourth-order valence-corrected chi connectivity index (χ4v) is 2.42. The lowest BCUT2D eigenvalue weighted by molar-refractivity contribution is -0.143. The molecule has 1 aromatic carbocycles. The minimum atomic E-state index is -1.15. The van der Waals surface area contributed by atoms with Crippen LogP contribution in [0.3, 0.4) is 0 Å². The van der Waals surface area contributed by atoms with Crippen LogP contribution in [0.2, 0.25) is 0 Å². The van der Waals surface area contributed by atoms with Crippen LogP contribution in [0, 0.1) is 11.8 Å². The predicted molar refractivity (Wildman–Crippen MR) is 101 cm³/mol. The van der Waals surface area contributed by atoms with Crippen molar-refractivity contribution in [3.05, 3.63) is 29.8 Å². The van der Waals surface area contributed by atoms with Crippen molar-refractivity contribution in [2.24, 2.45) is 17.6 Å². The summed E-state index contributed by atoms with van der Waals surface area (Å²) in [5.74, 6) is -2.60. The van der Waals surface area contributed by atoms with Gasteiger partial charge in [-0.1, -0.05) is 39.8 Å². The Morgan fingerprint density at radius 2 is 1.52 bits per heavy atom. The lowest BCUT2D eigenvalue weighted by Gasteiger charge is -2.25. The molecule has 1 aromatic rings. The highest BCUT2D eigenvalue weighted by Crippen LogP contribution is 2.12. The third-order valence-electron chi connectivity index (χ3n) is 4.26. The molecule has 3 atom stereocenters. The van der Waals surface area contributed by atoms with Crippen molar-refractivity contribution in [1.82, 2.24) is 10.6 Å². The minimum Gasteiger partial charge on any atom is -0.508 e. The van der Waals surface area contributed by atoms with Crippen molar-refractivity contribution in [3.8, 4) is 5.75 Å². The fraction of sp³-hybridized carbons (Fsp3) is 0.526. The molecule has 0 fully saturated rings. The first-order chi connectivity index (χ1) is 12.5. The van der Waals surface area contributed by atoms with Crippen molar-refractivity contribution in [2.75, 3.05) is 0 Å². The van der Waals surface area contributed by atoms with Gasteiger partial charge in [-0.2, -0.15) is 0 Å². The van der Waals surface area contributed by atoms with Crippen LogP contribution in [0.4, 0.5) is 0 Å². The van der Waals surface area contributed by atoms with E-state index in [1.807, 2.05) is 0 Å². The summed E-state index contributed by atoms with van der Waals surface area (Å²) in [6, 6.07) is 3.34. The van der Waals surface area contributed by atoms with Crippen molar-refractivity contribution in [2.45, 2.75) is 52.2 Å². The van der Waals surface area contributed by atoms with Gasteiger partial charge in [-0.05, 0) is 29.5 Å². The van der Waals surface area contributed by atoms with E-state index in [2.05, 4.69) is 10.6 Å². The topological polar surface area (TPSA) is 142 Å². The van der Waals surface area contributed by atoms with Crippen molar-refractivity contribution >= 4 is 17.8 Å². The van der Waals surface area contributed by atoms with Crippen molar-refractivity contribution in [1.29, 1.82) is 0 Å². The zero-order chi connectivity index (χ0) is 20.7. The summed E-state index contributed by atoms with van der Waals surface area (Å²) in [6.07, 6.45) is 0.132. The standard InChI is InChI=1S/C19H29N3O5/c1-10(2)15(20)18(25)21-14(9-12-5-7-13(23)8-6-12)17(24)22-16(11(3)4)19(26)27/h5-8,10-11,14-16,23H,9,20H2,1-4H3,(H,21,25)(H,22,24)(H,26,27)/t14-,15+,16-/m1/s1. The van der Waals surface area contributed by atoms with Crippen molar-refractivity contribution < 1.29 is 24.6 Å². The van der Waals surface area contributed by atoms with Crippen LogP contribution in [-0.4, -0.2) is 46.1 Å². The molecule has 0 radical (unpaired) electrons. The average molecular weight is 379 g/mol. The van der Waals surface area contributed by atoms with E-state index in [-0.39, 0.29) is 24.0 Å². The summed E-state index contributed by atoms with van der Waals surface area (Å²) in [7, 11) is 0. The van der Waals surface area contributed by atoms with E-state index in [1.54, 1.807) is 39.8 Å². The first-order valence-corrected chi connectivity index (χ1v) is 8.90. The molecule has 0 unspecified atom stereocenters. The van der Waals surface area contributed by atoms with Gasteiger partial charge in [0.1, 0.15) is 17.8 Å². The zero-order valence-electron chi connectivity index (χ0n) is 16.1. The Hall–Kier alpha value is -2.61. The number of carbonyl (C=O) groups is 3. The Morgan fingerprint density at radius 3 is 1.96 bits per heavy atom. The second-order valence-corrected chi connectivity index (χ2v) is 7.27. The molecule has 2 amide bonds. The van der Waals surface area contributed by atoms with Crippen LogP contribution >= 0.6 is 0 Å². The molecule has 150 valence electrons. The highest BCUT2D eigenvalue weighted by atomic mass is 16.4. The van der Waals surface area contributed by atoms with E-state index in [1.165, 1.54) is 12.1 Å². The number of phenols is 1. The van der Waals surface area contributed by atoms with Crippen LogP contribution in [0.1, 0.15) is 33.3 Å². The van der Waals surface area contributed by atoms with Crippen LogP contribution in [0.5, 0.6) is 5.75 Å². The van der Waals surface area contributed by atoms with E-state index in [0.29, 0.717) is 5.56 Å². The average Bonchev–Trinajstić information content (AvgIpc) is 2.59. The number of benzene rings is 1. The van der Waals surface area contributed by atoms with E-state index in [0.717, 1.165) is 0 Å². The van der Waals surface area contributed by atoms with Gasteiger partial charge < -0.3 is 26.6 Å². The van der Waals surface area contributed by atoms with Crippen LogP contribution < -0.4 is 16.4 Å². The predicted octanol–water partition coefficient (Wildman–Crippen LogP) is 0.628. The van der Waals surface area contributed by atoms with Gasteiger partial charge in [-0.25, -0.2) is 4.79 Å². The van der Waals surface area contributed by atoms with Gasteiger partial charge in [0.2, 0.25) is 11.8 Å². The molecule has 1 rings (SSSR count). The number of aliphatic carboxylic acids is 1. The molecule has 0 bridgehead atoms. The van der Waals surface area contributed by atoms with Gasteiger partial charge in [0.15, 0.2) is 0 Å². The van der Waals surface area contributed by atoms with Crippen molar-refractivity contribution in [3.63, 3.8) is 0 Å². The number of phenolic OH excluding ortho intramolecular Hbond substituents is 1. The Bertz CT molecular complexity index is 658. The number of carboxylic acids is 1. The molecule has 6 N–H and O–H groups in total. The summed E-state index contributed by atoms with van der Waals surface area (Å²) in [5, 5.41) is 23.8. The molecule has 0 aromatic heterocycles. The maximum Gasteiger partial charge on any atom is 0.326 e. The lowest BCUT2D eigenvalue weighted by atomic mass is 10.00. The molecule has 27 heavy (non-hydrogen) atoms. The number of nitrogens with two attached hydrogens (primary N) is 1. The zero-order valence-corrected chi connectivity index (χ0v) is 16.1. The highest BCUT2D eigenvalue weighted by Gasteiger charge is 2.30. The van der Waals surface area contributed by atoms with Crippen LogP contribution in [-0.2, 0) is 20.8 Å². The summed E-state index contributed by atoms with van der Waals surface area (Å²) < 4.78 is 0. The van der Waals surface area contributed by atoms with E-state index < -0.39 is 35.9 Å². The molecule has 0 spiro atoms. The number of amides is 2. The molecule has 0 aliphatic heterocycles. The maximum atomic E-state index is 12.7. The van der Waals surface area contributed by atoms with E-state index in [4.69, 9.17) is 5.73 Å². The normalized spacial score (nSPS) is 14.5. The molecular weight excluding hydrogens is 350 g/mol.